The number of amidine groups is 1. The molecule has 1 N–H and O–H groups in total. The number of rotatable bonds is 7. The van der Waals surface area contributed by atoms with E-state index in [-0.39, 0.29) is 30.0 Å². The van der Waals surface area contributed by atoms with E-state index in [4.69, 9.17) is 4.74 Å². The van der Waals surface area contributed by atoms with Gasteiger partial charge in [0, 0.05) is 0 Å². The van der Waals surface area contributed by atoms with Crippen LogP contribution in [0.25, 0.3) is 0 Å². The molecule has 2 amide bonds. The molecule has 1 aromatic carbocycles. The summed E-state index contributed by atoms with van der Waals surface area (Å²) in [5.74, 6) is -0.882. The molecule has 2 atom stereocenters. The maximum Gasteiger partial charge on any atom is 0.328 e. The van der Waals surface area contributed by atoms with Crippen molar-refractivity contribution >= 4 is 40.4 Å². The predicted octanol–water partition coefficient (Wildman–Crippen LogP) is 2.13. The van der Waals surface area contributed by atoms with Crippen molar-refractivity contribution in [1.29, 1.82) is 0 Å². The van der Waals surface area contributed by atoms with Crippen molar-refractivity contribution in [3.05, 3.63) is 29.8 Å². The number of esters is 1. The van der Waals surface area contributed by atoms with Gasteiger partial charge in [0.15, 0.2) is 5.17 Å². The number of amides is 2. The van der Waals surface area contributed by atoms with E-state index in [0.29, 0.717) is 5.17 Å². The summed E-state index contributed by atoms with van der Waals surface area (Å²) in [5.41, 5.74) is 1.82. The van der Waals surface area contributed by atoms with Gasteiger partial charge >= 0.3 is 5.97 Å². The molecule has 7 nitrogen and oxygen atoms in total. The van der Waals surface area contributed by atoms with E-state index in [1.54, 1.807) is 0 Å². The molecule has 8 heteroatoms. The molecule has 0 aromatic heterocycles. The third kappa shape index (κ3) is 5.32. The molecule has 0 unspecified atom stereocenters. The Morgan fingerprint density at radius 2 is 2.00 bits per heavy atom. The van der Waals surface area contributed by atoms with Crippen LogP contribution in [0.4, 0.5) is 5.69 Å². The minimum absolute atomic E-state index is 0.0409. The minimum Gasteiger partial charge on any atom is -0.467 e. The molecule has 146 valence electrons. The van der Waals surface area contributed by atoms with E-state index < -0.39 is 12.0 Å². The Labute approximate surface area is 163 Å². The van der Waals surface area contributed by atoms with Crippen LogP contribution in [0.15, 0.2) is 29.3 Å². The smallest absolute Gasteiger partial charge is 0.328 e. The van der Waals surface area contributed by atoms with Crippen molar-refractivity contribution in [3.8, 4) is 0 Å². The second kappa shape index (κ2) is 9.55. The zero-order valence-electron chi connectivity index (χ0n) is 16.0. The lowest BCUT2D eigenvalue weighted by atomic mass is 9.99. The largest absolute Gasteiger partial charge is 0.467 e. The summed E-state index contributed by atoms with van der Waals surface area (Å²) >= 11 is 1.17. The molecular formula is C19H25N3O4S. The number of anilines is 1. The van der Waals surface area contributed by atoms with Crippen molar-refractivity contribution in [1.82, 2.24) is 5.32 Å². The minimum atomic E-state index is -0.687. The monoisotopic (exact) mass is 391 g/mol. The number of benzene rings is 1. The fraction of sp³-hybridized carbons (Fsp3) is 0.474. The molecule has 0 spiro atoms. The van der Waals surface area contributed by atoms with Crippen LogP contribution in [0.2, 0.25) is 0 Å². The predicted molar refractivity (Wildman–Crippen MR) is 107 cm³/mol. The van der Waals surface area contributed by atoms with Crippen molar-refractivity contribution in [2.24, 2.45) is 10.9 Å². The SMILES string of the molecule is CC[C@@H](C)[C@H](NC(=O)CSC1=NCC(=O)N1c1ccc(C)cc1)C(=O)OC. The highest BCUT2D eigenvalue weighted by Crippen LogP contribution is 2.24. The third-order valence-electron chi connectivity index (χ3n) is 4.40. The highest BCUT2D eigenvalue weighted by atomic mass is 32.2. The second-order valence-corrected chi connectivity index (χ2v) is 7.35. The molecule has 0 saturated carbocycles. The number of nitrogens with zero attached hydrogens (tertiary/aromatic N) is 2. The standard InChI is InChI=1S/C19H25N3O4S/c1-5-13(3)17(18(25)26-4)21-15(23)11-27-19-20-10-16(24)22(19)14-8-6-12(2)7-9-14/h6-9,13,17H,5,10-11H2,1-4H3,(H,21,23)/t13-,17+/m1/s1. The highest BCUT2D eigenvalue weighted by Gasteiger charge is 2.30. The first-order valence-electron chi connectivity index (χ1n) is 8.81. The van der Waals surface area contributed by atoms with Crippen LogP contribution in [0.1, 0.15) is 25.8 Å². The van der Waals surface area contributed by atoms with Crippen molar-refractivity contribution in [3.63, 3.8) is 0 Å². The van der Waals surface area contributed by atoms with Gasteiger partial charge in [0.2, 0.25) is 5.91 Å². The summed E-state index contributed by atoms with van der Waals surface area (Å²) in [5, 5.41) is 3.21. The number of hydrogen-bond acceptors (Lipinski definition) is 6. The van der Waals surface area contributed by atoms with Gasteiger partial charge in [-0.1, -0.05) is 49.7 Å². The van der Waals surface area contributed by atoms with Crippen molar-refractivity contribution in [2.45, 2.75) is 33.2 Å². The summed E-state index contributed by atoms with van der Waals surface area (Å²) in [7, 11) is 1.30. The van der Waals surface area contributed by atoms with E-state index in [9.17, 15) is 14.4 Å². The first-order valence-corrected chi connectivity index (χ1v) is 9.80. The van der Waals surface area contributed by atoms with E-state index in [2.05, 4.69) is 10.3 Å². The van der Waals surface area contributed by atoms with Gasteiger partial charge < -0.3 is 10.1 Å². The summed E-state index contributed by atoms with van der Waals surface area (Å²) in [6.45, 7) is 5.86. The second-order valence-electron chi connectivity index (χ2n) is 6.41. The van der Waals surface area contributed by atoms with Gasteiger partial charge in [0.05, 0.1) is 18.6 Å². The van der Waals surface area contributed by atoms with Crippen LogP contribution < -0.4 is 10.2 Å². The van der Waals surface area contributed by atoms with E-state index in [0.717, 1.165) is 17.7 Å². The Morgan fingerprint density at radius 3 is 2.59 bits per heavy atom. The van der Waals surface area contributed by atoms with Gasteiger partial charge in [-0.3, -0.25) is 19.5 Å². The number of ether oxygens (including phenoxy) is 1. The third-order valence-corrected chi connectivity index (χ3v) is 5.38. The summed E-state index contributed by atoms with van der Waals surface area (Å²) in [6, 6.07) is 6.86. The number of nitrogens with one attached hydrogen (secondary N) is 1. The van der Waals surface area contributed by atoms with Gasteiger partial charge in [-0.05, 0) is 25.0 Å². The number of carbonyl (C=O) groups is 3. The van der Waals surface area contributed by atoms with Gasteiger partial charge in [0.25, 0.3) is 5.91 Å². The molecule has 0 aliphatic carbocycles. The molecule has 0 fully saturated rings. The number of hydrogen-bond donors (Lipinski definition) is 1. The van der Waals surface area contributed by atoms with Gasteiger partial charge in [-0.15, -0.1) is 0 Å². The van der Waals surface area contributed by atoms with Crippen LogP contribution in [-0.4, -0.2) is 48.4 Å². The van der Waals surface area contributed by atoms with Gasteiger partial charge in [-0.2, -0.15) is 0 Å². The van der Waals surface area contributed by atoms with Crippen LogP contribution in [0.3, 0.4) is 0 Å². The topological polar surface area (TPSA) is 88.1 Å². The number of aliphatic imine (C=N–C) groups is 1. The number of aryl methyl sites for hydroxylation is 1. The average Bonchev–Trinajstić information content (AvgIpc) is 3.04. The fourth-order valence-corrected chi connectivity index (χ4v) is 3.42. The van der Waals surface area contributed by atoms with Crippen LogP contribution >= 0.6 is 11.8 Å². The van der Waals surface area contributed by atoms with E-state index in [1.807, 2.05) is 45.0 Å². The molecule has 27 heavy (non-hydrogen) atoms. The lowest BCUT2D eigenvalue weighted by Crippen LogP contribution is -2.46. The zero-order chi connectivity index (χ0) is 20.0. The summed E-state index contributed by atoms with van der Waals surface area (Å²) < 4.78 is 4.78. The quantitative estimate of drug-likeness (QED) is 0.720. The normalized spacial score (nSPS) is 15.9. The number of thioether (sulfide) groups is 1. The maximum absolute atomic E-state index is 12.3. The van der Waals surface area contributed by atoms with Gasteiger partial charge in [0.1, 0.15) is 12.6 Å². The Balaban J connectivity index is 1.99. The number of methoxy groups -OCH3 is 1. The Kier molecular flexibility index (Phi) is 7.41. The summed E-state index contributed by atoms with van der Waals surface area (Å²) in [4.78, 5) is 42.2. The molecule has 1 heterocycles. The number of carbonyl (C=O) groups excluding carboxylic acids is 3. The van der Waals surface area contributed by atoms with E-state index >= 15 is 0 Å². The zero-order valence-corrected chi connectivity index (χ0v) is 16.8. The lowest BCUT2D eigenvalue weighted by molar-refractivity contribution is -0.146. The fourth-order valence-electron chi connectivity index (χ4n) is 2.58. The van der Waals surface area contributed by atoms with Crippen LogP contribution in [0.5, 0.6) is 0 Å². The molecule has 1 aliphatic rings. The van der Waals surface area contributed by atoms with Gasteiger partial charge in [-0.25, -0.2) is 4.79 Å². The molecule has 1 aliphatic heterocycles. The molecule has 2 rings (SSSR count). The van der Waals surface area contributed by atoms with Crippen LogP contribution in [0, 0.1) is 12.8 Å². The first-order chi connectivity index (χ1) is 12.9. The summed E-state index contributed by atoms with van der Waals surface area (Å²) in [6.07, 6.45) is 0.732. The van der Waals surface area contributed by atoms with Crippen molar-refractivity contribution < 1.29 is 19.1 Å². The Bertz CT molecular complexity index is 733. The Hall–Kier alpha value is -2.35. The Morgan fingerprint density at radius 1 is 1.33 bits per heavy atom. The molecule has 0 radical (unpaired) electrons. The van der Waals surface area contributed by atoms with Crippen molar-refractivity contribution in [2.75, 3.05) is 24.3 Å². The van der Waals surface area contributed by atoms with E-state index in [1.165, 1.54) is 23.8 Å². The molecule has 1 aromatic rings. The average molecular weight is 391 g/mol. The molecule has 0 bridgehead atoms. The highest BCUT2D eigenvalue weighted by molar-refractivity contribution is 8.14. The lowest BCUT2D eigenvalue weighted by Gasteiger charge is -2.22. The van der Waals surface area contributed by atoms with Crippen LogP contribution in [-0.2, 0) is 19.1 Å². The maximum atomic E-state index is 12.3. The molecule has 0 saturated heterocycles. The first kappa shape index (κ1) is 21.0. The molecular weight excluding hydrogens is 366 g/mol.